The van der Waals surface area contributed by atoms with E-state index in [0.29, 0.717) is 30.8 Å². The number of halogens is 1. The number of nitrogens with zero attached hydrogens (tertiary/aromatic N) is 1. The molecule has 2 N–H and O–H groups in total. The molecular weight excluding hydrogens is 345 g/mol. The molecule has 142 valence electrons. The molecule has 1 aliphatic heterocycles. The van der Waals surface area contributed by atoms with Gasteiger partial charge in [0, 0.05) is 37.2 Å². The summed E-state index contributed by atoms with van der Waals surface area (Å²) in [7, 11) is 1.74. The fourth-order valence-corrected chi connectivity index (χ4v) is 3.86. The first-order chi connectivity index (χ1) is 13.2. The predicted molar refractivity (Wildman–Crippen MR) is 102 cm³/mol. The lowest BCUT2D eigenvalue weighted by atomic mass is 10.0. The van der Waals surface area contributed by atoms with E-state index < -0.39 is 0 Å². The second kappa shape index (κ2) is 7.96. The molecule has 1 aliphatic carbocycles. The smallest absolute Gasteiger partial charge is 0.191 e. The molecule has 0 aromatic heterocycles. The molecule has 0 amide bonds. The summed E-state index contributed by atoms with van der Waals surface area (Å²) in [6.07, 6.45) is 2.28. The number of aliphatic imine (C=N–C) groups is 1. The zero-order valence-electron chi connectivity index (χ0n) is 15.4. The first-order valence-corrected chi connectivity index (χ1v) is 9.28. The van der Waals surface area contributed by atoms with Gasteiger partial charge >= 0.3 is 0 Å². The van der Waals surface area contributed by atoms with E-state index in [1.165, 1.54) is 23.3 Å². The Kier molecular flexibility index (Phi) is 5.25. The Balaban J connectivity index is 1.37. The van der Waals surface area contributed by atoms with E-state index in [2.05, 4.69) is 39.9 Å². The van der Waals surface area contributed by atoms with Crippen LogP contribution in [0.15, 0.2) is 41.4 Å². The monoisotopic (exact) mass is 369 g/mol. The van der Waals surface area contributed by atoms with Crippen LogP contribution in [0.25, 0.3) is 0 Å². The summed E-state index contributed by atoms with van der Waals surface area (Å²) in [5.74, 6) is 1.60. The van der Waals surface area contributed by atoms with Crippen LogP contribution in [0.3, 0.4) is 0 Å². The Morgan fingerprint density at radius 1 is 1.22 bits per heavy atom. The van der Waals surface area contributed by atoms with Gasteiger partial charge < -0.3 is 20.1 Å². The zero-order chi connectivity index (χ0) is 18.6. The summed E-state index contributed by atoms with van der Waals surface area (Å²) in [5, 5.41) is 6.66. The van der Waals surface area contributed by atoms with Gasteiger partial charge in [0.25, 0.3) is 0 Å². The third-order valence-electron chi connectivity index (χ3n) is 5.19. The highest BCUT2D eigenvalue weighted by Crippen LogP contribution is 2.32. The van der Waals surface area contributed by atoms with Crippen LogP contribution in [0.1, 0.15) is 34.6 Å². The molecule has 1 atom stereocenters. The number of hydrogen-bond acceptors (Lipinski definition) is 3. The SMILES string of the molecule is CN=C(NCc1cc(F)cc2c1OCOC2)NCC1CCc2ccccc21. The molecule has 0 saturated heterocycles. The topological polar surface area (TPSA) is 54.9 Å². The molecule has 6 heteroatoms. The summed E-state index contributed by atoms with van der Waals surface area (Å²) in [6, 6.07) is 11.6. The third-order valence-corrected chi connectivity index (χ3v) is 5.19. The van der Waals surface area contributed by atoms with E-state index in [-0.39, 0.29) is 12.6 Å². The Morgan fingerprint density at radius 2 is 2.11 bits per heavy atom. The van der Waals surface area contributed by atoms with Crippen molar-refractivity contribution in [2.24, 2.45) is 4.99 Å². The molecule has 0 spiro atoms. The van der Waals surface area contributed by atoms with Crippen LogP contribution in [-0.2, 0) is 24.3 Å². The van der Waals surface area contributed by atoms with Crippen molar-refractivity contribution in [3.8, 4) is 5.75 Å². The molecule has 0 saturated carbocycles. The molecule has 2 aromatic rings. The fourth-order valence-electron chi connectivity index (χ4n) is 3.86. The average Bonchev–Trinajstić information content (AvgIpc) is 3.11. The van der Waals surface area contributed by atoms with E-state index in [9.17, 15) is 4.39 Å². The van der Waals surface area contributed by atoms with Crippen LogP contribution in [0.4, 0.5) is 4.39 Å². The van der Waals surface area contributed by atoms with Gasteiger partial charge in [0.2, 0.25) is 0 Å². The summed E-state index contributed by atoms with van der Waals surface area (Å²) in [5.41, 5.74) is 4.37. The highest BCUT2D eigenvalue weighted by atomic mass is 19.1. The second-order valence-electron chi connectivity index (χ2n) is 6.90. The summed E-state index contributed by atoms with van der Waals surface area (Å²) >= 11 is 0. The molecule has 0 radical (unpaired) electrons. The largest absolute Gasteiger partial charge is 0.467 e. The van der Waals surface area contributed by atoms with E-state index in [1.807, 2.05) is 0 Å². The van der Waals surface area contributed by atoms with Crippen molar-refractivity contribution in [2.75, 3.05) is 20.4 Å². The maximum Gasteiger partial charge on any atom is 0.191 e. The number of fused-ring (bicyclic) bond motifs is 2. The molecule has 1 heterocycles. The van der Waals surface area contributed by atoms with Gasteiger partial charge in [-0.2, -0.15) is 0 Å². The van der Waals surface area contributed by atoms with Gasteiger partial charge in [0.05, 0.1) is 6.61 Å². The molecule has 0 fully saturated rings. The van der Waals surface area contributed by atoms with E-state index in [4.69, 9.17) is 9.47 Å². The Hall–Kier alpha value is -2.60. The van der Waals surface area contributed by atoms with Gasteiger partial charge in [0.1, 0.15) is 11.6 Å². The minimum Gasteiger partial charge on any atom is -0.467 e. The minimum atomic E-state index is -0.287. The van der Waals surface area contributed by atoms with Crippen molar-refractivity contribution < 1.29 is 13.9 Å². The first-order valence-electron chi connectivity index (χ1n) is 9.28. The number of hydrogen-bond donors (Lipinski definition) is 2. The van der Waals surface area contributed by atoms with Crippen LogP contribution in [0.2, 0.25) is 0 Å². The van der Waals surface area contributed by atoms with Crippen molar-refractivity contribution in [3.05, 3.63) is 64.5 Å². The highest BCUT2D eigenvalue weighted by molar-refractivity contribution is 5.79. The van der Waals surface area contributed by atoms with Crippen LogP contribution < -0.4 is 15.4 Å². The summed E-state index contributed by atoms with van der Waals surface area (Å²) < 4.78 is 24.7. The highest BCUT2D eigenvalue weighted by Gasteiger charge is 2.22. The molecule has 27 heavy (non-hydrogen) atoms. The van der Waals surface area contributed by atoms with Crippen molar-refractivity contribution in [1.29, 1.82) is 0 Å². The van der Waals surface area contributed by atoms with Crippen molar-refractivity contribution in [3.63, 3.8) is 0 Å². The number of nitrogens with one attached hydrogen (secondary N) is 2. The van der Waals surface area contributed by atoms with Crippen LogP contribution in [-0.4, -0.2) is 26.3 Å². The number of ether oxygens (including phenoxy) is 2. The van der Waals surface area contributed by atoms with Gasteiger partial charge in [-0.1, -0.05) is 24.3 Å². The van der Waals surface area contributed by atoms with Crippen LogP contribution in [0, 0.1) is 5.82 Å². The maximum atomic E-state index is 13.9. The third kappa shape index (κ3) is 3.90. The minimum absolute atomic E-state index is 0.194. The maximum absolute atomic E-state index is 13.9. The Labute approximate surface area is 158 Å². The van der Waals surface area contributed by atoms with Gasteiger partial charge in [-0.3, -0.25) is 4.99 Å². The standard InChI is InChI=1S/C21H24FN3O2/c1-23-21(24-10-15-7-6-14-4-2-3-5-19(14)15)25-11-16-8-18(22)9-17-12-26-13-27-20(16)17/h2-5,8-9,15H,6-7,10-13H2,1H3,(H2,23,24,25). The molecule has 0 bridgehead atoms. The normalized spacial score (nSPS) is 18.4. The fraction of sp³-hybridized carbons (Fsp3) is 0.381. The quantitative estimate of drug-likeness (QED) is 0.642. The second-order valence-corrected chi connectivity index (χ2v) is 6.90. The first kappa shape index (κ1) is 17.8. The van der Waals surface area contributed by atoms with E-state index in [0.717, 1.165) is 30.5 Å². The molecule has 4 rings (SSSR count). The number of rotatable bonds is 4. The average molecular weight is 369 g/mol. The Morgan fingerprint density at radius 3 is 3.00 bits per heavy atom. The van der Waals surface area contributed by atoms with Gasteiger partial charge in [-0.25, -0.2) is 4.39 Å². The molecule has 5 nitrogen and oxygen atoms in total. The lowest BCUT2D eigenvalue weighted by Gasteiger charge is -2.22. The van der Waals surface area contributed by atoms with Gasteiger partial charge in [-0.05, 0) is 36.1 Å². The number of guanidine groups is 1. The van der Waals surface area contributed by atoms with Gasteiger partial charge in [-0.15, -0.1) is 0 Å². The van der Waals surface area contributed by atoms with E-state index in [1.54, 1.807) is 7.05 Å². The molecule has 2 aliphatic rings. The van der Waals surface area contributed by atoms with Crippen LogP contribution in [0.5, 0.6) is 5.75 Å². The lowest BCUT2D eigenvalue weighted by Crippen LogP contribution is -2.39. The van der Waals surface area contributed by atoms with E-state index >= 15 is 0 Å². The lowest BCUT2D eigenvalue weighted by molar-refractivity contribution is -0.0172. The molecule has 1 unspecified atom stereocenters. The predicted octanol–water partition coefficient (Wildman–Crippen LogP) is 3.09. The Bertz CT molecular complexity index is 853. The zero-order valence-corrected chi connectivity index (χ0v) is 15.4. The molecule has 2 aromatic carbocycles. The van der Waals surface area contributed by atoms with Crippen molar-refractivity contribution in [1.82, 2.24) is 10.6 Å². The van der Waals surface area contributed by atoms with Gasteiger partial charge in [0.15, 0.2) is 12.8 Å². The summed E-state index contributed by atoms with van der Waals surface area (Å²) in [6.45, 7) is 1.82. The van der Waals surface area contributed by atoms with Crippen LogP contribution >= 0.6 is 0 Å². The summed E-state index contributed by atoms with van der Waals surface area (Å²) in [4.78, 5) is 4.29. The molecular formula is C21H24FN3O2. The number of benzene rings is 2. The number of aryl methyl sites for hydroxylation is 1. The van der Waals surface area contributed by atoms with Crippen molar-refractivity contribution >= 4 is 5.96 Å². The van der Waals surface area contributed by atoms with Crippen molar-refractivity contribution in [2.45, 2.75) is 31.9 Å².